The maximum atomic E-state index is 2.42. The van der Waals surface area contributed by atoms with Crippen molar-refractivity contribution in [3.63, 3.8) is 0 Å². The summed E-state index contributed by atoms with van der Waals surface area (Å²) in [6, 6.07) is 0. The van der Waals surface area contributed by atoms with Crippen LogP contribution in [-0.4, -0.2) is 0 Å². The first-order valence-corrected chi connectivity index (χ1v) is 6.07. The van der Waals surface area contributed by atoms with Crippen LogP contribution < -0.4 is 0 Å². The monoisotopic (exact) mass is 204 g/mol. The van der Waals surface area contributed by atoms with Gasteiger partial charge in [-0.25, -0.2) is 0 Å². The van der Waals surface area contributed by atoms with E-state index in [-0.39, 0.29) is 0 Å². The van der Waals surface area contributed by atoms with Gasteiger partial charge in [0.1, 0.15) is 0 Å². The molecule has 15 heavy (non-hydrogen) atoms. The van der Waals surface area contributed by atoms with Gasteiger partial charge in [-0.1, -0.05) is 42.4 Å². The van der Waals surface area contributed by atoms with Crippen molar-refractivity contribution in [1.82, 2.24) is 0 Å². The summed E-state index contributed by atoms with van der Waals surface area (Å²) in [6.07, 6.45) is 13.1. The van der Waals surface area contributed by atoms with Crippen molar-refractivity contribution < 1.29 is 0 Å². The van der Waals surface area contributed by atoms with Gasteiger partial charge in [-0.15, -0.1) is 0 Å². The maximum Gasteiger partial charge on any atom is -0.0227 e. The van der Waals surface area contributed by atoms with Gasteiger partial charge in [0.15, 0.2) is 0 Å². The second-order valence-electron chi connectivity index (χ2n) is 5.07. The lowest BCUT2D eigenvalue weighted by atomic mass is 9.81. The van der Waals surface area contributed by atoms with E-state index in [1.807, 2.05) is 0 Å². The molecule has 0 fully saturated rings. The Morgan fingerprint density at radius 3 is 2.73 bits per heavy atom. The minimum Gasteiger partial charge on any atom is -0.0853 e. The standard InChI is InChI=1S/C15H24/c1-12(2)6-5-7-14(4)15-10-8-13(3)9-11-15/h5-8,14-15H,9-11H2,1-4H3. The number of hydrogen-bond acceptors (Lipinski definition) is 0. The lowest BCUT2D eigenvalue weighted by molar-refractivity contribution is 0.381. The first-order valence-electron chi connectivity index (χ1n) is 6.07. The van der Waals surface area contributed by atoms with E-state index in [0.29, 0.717) is 5.92 Å². The third-order valence-corrected chi connectivity index (χ3v) is 3.27. The van der Waals surface area contributed by atoms with Crippen molar-refractivity contribution in [3.05, 3.63) is 35.5 Å². The first-order chi connectivity index (χ1) is 7.09. The SMILES string of the molecule is CC(C)=CC=CC(C)C1CC=C(C)CC1. The van der Waals surface area contributed by atoms with Crippen molar-refractivity contribution in [2.75, 3.05) is 0 Å². The molecule has 0 aliphatic heterocycles. The summed E-state index contributed by atoms with van der Waals surface area (Å²) in [5.74, 6) is 1.57. The smallest absolute Gasteiger partial charge is 0.0227 e. The quantitative estimate of drug-likeness (QED) is 0.453. The molecule has 0 amide bonds. The number of allylic oxidation sites excluding steroid dienone is 6. The minimum absolute atomic E-state index is 0.713. The largest absolute Gasteiger partial charge is 0.0853 e. The van der Waals surface area contributed by atoms with E-state index < -0.39 is 0 Å². The maximum absolute atomic E-state index is 2.42. The first kappa shape index (κ1) is 12.3. The van der Waals surface area contributed by atoms with E-state index in [0.717, 1.165) is 5.92 Å². The number of rotatable bonds is 3. The fourth-order valence-corrected chi connectivity index (χ4v) is 2.04. The van der Waals surface area contributed by atoms with Gasteiger partial charge in [-0.05, 0) is 51.9 Å². The van der Waals surface area contributed by atoms with Crippen LogP contribution in [-0.2, 0) is 0 Å². The molecule has 84 valence electrons. The molecular weight excluding hydrogens is 180 g/mol. The lowest BCUT2D eigenvalue weighted by Gasteiger charge is -2.24. The lowest BCUT2D eigenvalue weighted by Crippen LogP contribution is -2.12. The van der Waals surface area contributed by atoms with Crippen molar-refractivity contribution in [3.8, 4) is 0 Å². The Hall–Kier alpha value is -0.780. The van der Waals surface area contributed by atoms with Crippen molar-refractivity contribution in [2.24, 2.45) is 11.8 Å². The van der Waals surface area contributed by atoms with Crippen LogP contribution in [0, 0.1) is 11.8 Å². The van der Waals surface area contributed by atoms with E-state index in [2.05, 4.69) is 52.0 Å². The predicted molar refractivity (Wildman–Crippen MR) is 68.8 cm³/mol. The Morgan fingerprint density at radius 1 is 1.47 bits per heavy atom. The average molecular weight is 204 g/mol. The third kappa shape index (κ3) is 4.51. The van der Waals surface area contributed by atoms with Gasteiger partial charge in [-0.3, -0.25) is 0 Å². The normalized spacial score (nSPS) is 23.7. The third-order valence-electron chi connectivity index (χ3n) is 3.27. The van der Waals surface area contributed by atoms with Gasteiger partial charge in [0.25, 0.3) is 0 Å². The van der Waals surface area contributed by atoms with E-state index in [9.17, 15) is 0 Å². The molecule has 0 nitrogen and oxygen atoms in total. The van der Waals surface area contributed by atoms with Crippen LogP contribution in [0.25, 0.3) is 0 Å². The highest BCUT2D eigenvalue weighted by atomic mass is 14.2. The molecule has 2 atom stereocenters. The van der Waals surface area contributed by atoms with Crippen LogP contribution in [0.5, 0.6) is 0 Å². The highest BCUT2D eigenvalue weighted by Gasteiger charge is 2.16. The molecule has 1 rings (SSSR count). The van der Waals surface area contributed by atoms with Gasteiger partial charge in [0, 0.05) is 0 Å². The molecule has 0 N–H and O–H groups in total. The second-order valence-corrected chi connectivity index (χ2v) is 5.07. The molecule has 0 saturated heterocycles. The number of hydrogen-bond donors (Lipinski definition) is 0. The van der Waals surface area contributed by atoms with E-state index in [1.54, 1.807) is 5.57 Å². The summed E-state index contributed by atoms with van der Waals surface area (Å²) in [7, 11) is 0. The highest BCUT2D eigenvalue weighted by molar-refractivity contribution is 5.11. The van der Waals surface area contributed by atoms with Crippen LogP contribution in [0.15, 0.2) is 35.5 Å². The van der Waals surface area contributed by atoms with Crippen molar-refractivity contribution >= 4 is 0 Å². The Kier molecular flexibility index (Phi) is 4.87. The molecule has 0 bridgehead atoms. The van der Waals surface area contributed by atoms with Crippen LogP contribution in [0.2, 0.25) is 0 Å². The molecule has 0 spiro atoms. The van der Waals surface area contributed by atoms with Gasteiger partial charge >= 0.3 is 0 Å². The van der Waals surface area contributed by atoms with Crippen LogP contribution >= 0.6 is 0 Å². The van der Waals surface area contributed by atoms with Gasteiger partial charge in [0.05, 0.1) is 0 Å². The molecule has 0 aromatic rings. The molecule has 1 aliphatic rings. The topological polar surface area (TPSA) is 0 Å². The molecular formula is C15H24. The van der Waals surface area contributed by atoms with Crippen molar-refractivity contribution in [1.29, 1.82) is 0 Å². The van der Waals surface area contributed by atoms with Crippen LogP contribution in [0.1, 0.15) is 47.0 Å². The average Bonchev–Trinajstić information content (AvgIpc) is 2.18. The summed E-state index contributed by atoms with van der Waals surface area (Å²) in [4.78, 5) is 0. The molecule has 0 saturated carbocycles. The second kappa shape index (κ2) is 5.95. The molecule has 0 radical (unpaired) electrons. The van der Waals surface area contributed by atoms with Gasteiger partial charge in [-0.2, -0.15) is 0 Å². The van der Waals surface area contributed by atoms with E-state index in [1.165, 1.54) is 24.8 Å². The Labute approximate surface area is 94.8 Å². The summed E-state index contributed by atoms with van der Waals surface area (Å²) in [5, 5.41) is 0. The summed E-state index contributed by atoms with van der Waals surface area (Å²) in [6.45, 7) is 8.87. The van der Waals surface area contributed by atoms with Gasteiger partial charge in [0.2, 0.25) is 0 Å². The van der Waals surface area contributed by atoms with Crippen LogP contribution in [0.3, 0.4) is 0 Å². The van der Waals surface area contributed by atoms with Gasteiger partial charge < -0.3 is 0 Å². The molecule has 2 unspecified atom stereocenters. The molecule has 0 heterocycles. The fourth-order valence-electron chi connectivity index (χ4n) is 2.04. The Balaban J connectivity index is 2.44. The Bertz CT molecular complexity index is 274. The highest BCUT2D eigenvalue weighted by Crippen LogP contribution is 2.29. The van der Waals surface area contributed by atoms with E-state index >= 15 is 0 Å². The molecule has 1 aliphatic carbocycles. The summed E-state index contributed by atoms with van der Waals surface area (Å²) < 4.78 is 0. The molecule has 0 heteroatoms. The zero-order chi connectivity index (χ0) is 11.3. The Morgan fingerprint density at radius 2 is 2.20 bits per heavy atom. The summed E-state index contributed by atoms with van der Waals surface area (Å²) >= 11 is 0. The molecule has 0 aromatic carbocycles. The van der Waals surface area contributed by atoms with Crippen molar-refractivity contribution in [2.45, 2.75) is 47.0 Å². The zero-order valence-corrected chi connectivity index (χ0v) is 10.6. The minimum atomic E-state index is 0.713. The van der Waals surface area contributed by atoms with E-state index in [4.69, 9.17) is 0 Å². The summed E-state index contributed by atoms with van der Waals surface area (Å²) in [5.41, 5.74) is 2.95. The van der Waals surface area contributed by atoms with Crippen LogP contribution in [0.4, 0.5) is 0 Å². The predicted octanol–water partition coefficient (Wildman–Crippen LogP) is 4.89. The molecule has 0 aromatic heterocycles. The zero-order valence-electron chi connectivity index (χ0n) is 10.6. The fraction of sp³-hybridized carbons (Fsp3) is 0.600.